The largest absolute Gasteiger partial charge is 0.395 e. The summed E-state index contributed by atoms with van der Waals surface area (Å²) in [5.74, 6) is 0. The van der Waals surface area contributed by atoms with Gasteiger partial charge in [0.25, 0.3) is 0 Å². The van der Waals surface area contributed by atoms with Crippen molar-refractivity contribution in [2.45, 2.75) is 44.2 Å². The van der Waals surface area contributed by atoms with Gasteiger partial charge in [-0.2, -0.15) is 0 Å². The summed E-state index contributed by atoms with van der Waals surface area (Å²) in [6, 6.07) is 1.64. The third-order valence-electron chi connectivity index (χ3n) is 3.20. The Balaban J connectivity index is 1.97. The Morgan fingerprint density at radius 3 is 2.27 bits per heavy atom. The van der Waals surface area contributed by atoms with Crippen LogP contribution in [-0.4, -0.2) is 35.2 Å². The Labute approximate surface area is 68.2 Å². The summed E-state index contributed by atoms with van der Waals surface area (Å²) >= 11 is 0. The fourth-order valence-corrected chi connectivity index (χ4v) is 2.70. The van der Waals surface area contributed by atoms with Crippen molar-refractivity contribution in [2.75, 3.05) is 13.2 Å². The van der Waals surface area contributed by atoms with E-state index in [0.717, 1.165) is 18.6 Å². The third kappa shape index (κ3) is 1.30. The second kappa shape index (κ2) is 3.11. The van der Waals surface area contributed by atoms with Gasteiger partial charge in [-0.05, 0) is 25.7 Å². The molecule has 2 nitrogen and oxygen atoms in total. The molecule has 2 heterocycles. The van der Waals surface area contributed by atoms with Crippen molar-refractivity contribution in [1.82, 2.24) is 4.90 Å². The van der Waals surface area contributed by atoms with Crippen LogP contribution in [0.1, 0.15) is 32.1 Å². The number of aliphatic hydroxyl groups is 1. The zero-order valence-electron chi connectivity index (χ0n) is 7.00. The lowest BCUT2D eigenvalue weighted by Gasteiger charge is -2.33. The maximum atomic E-state index is 8.84. The van der Waals surface area contributed by atoms with Crippen LogP contribution >= 0.6 is 0 Å². The molecule has 0 unspecified atom stereocenters. The van der Waals surface area contributed by atoms with Crippen molar-refractivity contribution in [2.24, 2.45) is 0 Å². The molecule has 0 radical (unpaired) electrons. The van der Waals surface area contributed by atoms with Gasteiger partial charge in [-0.15, -0.1) is 0 Å². The minimum absolute atomic E-state index is 0.340. The first-order valence-electron chi connectivity index (χ1n) is 4.78. The zero-order valence-corrected chi connectivity index (χ0v) is 7.00. The molecule has 2 atom stereocenters. The van der Waals surface area contributed by atoms with Crippen LogP contribution < -0.4 is 0 Å². The standard InChI is InChI=1S/C9H17NO/c11-7-6-10-8-2-1-3-9(10)5-4-8/h8-9,11H,1-7H2/t8-,9+. The molecule has 0 aromatic carbocycles. The van der Waals surface area contributed by atoms with Crippen LogP contribution in [0.3, 0.4) is 0 Å². The van der Waals surface area contributed by atoms with Gasteiger partial charge in [-0.25, -0.2) is 0 Å². The highest BCUT2D eigenvalue weighted by Crippen LogP contribution is 2.34. The molecule has 2 bridgehead atoms. The smallest absolute Gasteiger partial charge is 0.0558 e. The maximum Gasteiger partial charge on any atom is 0.0558 e. The van der Waals surface area contributed by atoms with Crippen LogP contribution in [0.2, 0.25) is 0 Å². The van der Waals surface area contributed by atoms with Crippen molar-refractivity contribution in [1.29, 1.82) is 0 Å². The zero-order chi connectivity index (χ0) is 7.68. The van der Waals surface area contributed by atoms with Gasteiger partial charge in [0.1, 0.15) is 0 Å². The van der Waals surface area contributed by atoms with Crippen LogP contribution in [0.15, 0.2) is 0 Å². The van der Waals surface area contributed by atoms with Crippen LogP contribution in [0.4, 0.5) is 0 Å². The van der Waals surface area contributed by atoms with Gasteiger partial charge in [0, 0.05) is 18.6 Å². The monoisotopic (exact) mass is 155 g/mol. The Kier molecular flexibility index (Phi) is 2.14. The SMILES string of the molecule is OCCN1[C@@H]2CCC[C@H]1CC2. The number of piperidine rings is 1. The number of aliphatic hydroxyl groups excluding tert-OH is 1. The van der Waals surface area contributed by atoms with Crippen molar-refractivity contribution >= 4 is 0 Å². The first-order chi connectivity index (χ1) is 5.42. The summed E-state index contributed by atoms with van der Waals surface area (Å²) in [5, 5.41) is 8.84. The molecule has 0 amide bonds. The molecule has 2 heteroatoms. The van der Waals surface area contributed by atoms with E-state index in [4.69, 9.17) is 5.11 Å². The lowest BCUT2D eigenvalue weighted by Crippen LogP contribution is -2.41. The summed E-state index contributed by atoms with van der Waals surface area (Å²) in [7, 11) is 0. The van der Waals surface area contributed by atoms with Gasteiger partial charge in [0.2, 0.25) is 0 Å². The molecule has 64 valence electrons. The average molecular weight is 155 g/mol. The quantitative estimate of drug-likeness (QED) is 0.643. The van der Waals surface area contributed by atoms with E-state index >= 15 is 0 Å². The molecule has 0 saturated carbocycles. The lowest BCUT2D eigenvalue weighted by molar-refractivity contribution is 0.110. The average Bonchev–Trinajstić information content (AvgIpc) is 2.30. The molecule has 0 aliphatic carbocycles. The minimum Gasteiger partial charge on any atom is -0.395 e. The molecular formula is C9H17NO. The van der Waals surface area contributed by atoms with Gasteiger partial charge >= 0.3 is 0 Å². The van der Waals surface area contributed by atoms with E-state index in [1.807, 2.05) is 0 Å². The molecule has 2 saturated heterocycles. The topological polar surface area (TPSA) is 23.5 Å². The Morgan fingerprint density at radius 2 is 1.73 bits per heavy atom. The van der Waals surface area contributed by atoms with Crippen LogP contribution in [0.5, 0.6) is 0 Å². The molecule has 2 rings (SSSR count). The Hall–Kier alpha value is -0.0800. The molecule has 0 spiro atoms. The third-order valence-corrected chi connectivity index (χ3v) is 3.20. The van der Waals surface area contributed by atoms with Gasteiger partial charge in [0.05, 0.1) is 6.61 Å². The lowest BCUT2D eigenvalue weighted by atomic mass is 10.0. The summed E-state index contributed by atoms with van der Waals surface area (Å²) in [4.78, 5) is 2.52. The molecule has 11 heavy (non-hydrogen) atoms. The van der Waals surface area contributed by atoms with Gasteiger partial charge in [0.15, 0.2) is 0 Å². The highest BCUT2D eigenvalue weighted by molar-refractivity contribution is 4.91. The van der Waals surface area contributed by atoms with Crippen molar-refractivity contribution in [3.8, 4) is 0 Å². The molecule has 0 aromatic rings. The summed E-state index contributed by atoms with van der Waals surface area (Å²) in [5.41, 5.74) is 0. The van der Waals surface area contributed by atoms with Crippen LogP contribution in [0, 0.1) is 0 Å². The Bertz CT molecular complexity index is 122. The van der Waals surface area contributed by atoms with Crippen molar-refractivity contribution in [3.05, 3.63) is 0 Å². The predicted octanol–water partition coefficient (Wildman–Crippen LogP) is 0.996. The highest BCUT2D eigenvalue weighted by atomic mass is 16.3. The molecule has 2 aliphatic heterocycles. The van der Waals surface area contributed by atoms with Crippen molar-refractivity contribution in [3.63, 3.8) is 0 Å². The van der Waals surface area contributed by atoms with E-state index in [1.165, 1.54) is 32.1 Å². The van der Waals surface area contributed by atoms with E-state index in [0.29, 0.717) is 6.61 Å². The van der Waals surface area contributed by atoms with E-state index < -0.39 is 0 Å². The fraction of sp³-hybridized carbons (Fsp3) is 1.00. The van der Waals surface area contributed by atoms with Gasteiger partial charge in [-0.3, -0.25) is 4.90 Å². The molecule has 2 fully saturated rings. The number of hydrogen-bond acceptors (Lipinski definition) is 2. The minimum atomic E-state index is 0.340. The maximum absolute atomic E-state index is 8.84. The summed E-state index contributed by atoms with van der Waals surface area (Å²) in [6.45, 7) is 1.25. The normalized spacial score (nSPS) is 37.9. The fourth-order valence-electron chi connectivity index (χ4n) is 2.70. The van der Waals surface area contributed by atoms with Crippen LogP contribution in [0.25, 0.3) is 0 Å². The van der Waals surface area contributed by atoms with Crippen molar-refractivity contribution < 1.29 is 5.11 Å². The van der Waals surface area contributed by atoms with Crippen LogP contribution in [-0.2, 0) is 0 Å². The summed E-state index contributed by atoms with van der Waals surface area (Å²) in [6.07, 6.45) is 6.92. The Morgan fingerprint density at radius 1 is 1.09 bits per heavy atom. The first kappa shape index (κ1) is 7.56. The molecule has 0 aromatic heterocycles. The van der Waals surface area contributed by atoms with E-state index in [-0.39, 0.29) is 0 Å². The second-order valence-corrected chi connectivity index (χ2v) is 3.78. The second-order valence-electron chi connectivity index (χ2n) is 3.78. The van der Waals surface area contributed by atoms with Gasteiger partial charge < -0.3 is 5.11 Å². The van der Waals surface area contributed by atoms with E-state index in [9.17, 15) is 0 Å². The number of hydrogen-bond donors (Lipinski definition) is 1. The van der Waals surface area contributed by atoms with E-state index in [2.05, 4.69) is 4.90 Å². The first-order valence-corrected chi connectivity index (χ1v) is 4.78. The molecule has 2 aliphatic rings. The summed E-state index contributed by atoms with van der Waals surface area (Å²) < 4.78 is 0. The van der Waals surface area contributed by atoms with Gasteiger partial charge in [-0.1, -0.05) is 6.42 Å². The predicted molar refractivity (Wildman–Crippen MR) is 44.5 cm³/mol. The van der Waals surface area contributed by atoms with E-state index in [1.54, 1.807) is 0 Å². The molecule has 1 N–H and O–H groups in total. The number of rotatable bonds is 2. The highest BCUT2D eigenvalue weighted by Gasteiger charge is 2.35. The number of nitrogens with zero attached hydrogens (tertiary/aromatic N) is 1. The molecular weight excluding hydrogens is 138 g/mol. The number of fused-ring (bicyclic) bond motifs is 2.